The summed E-state index contributed by atoms with van der Waals surface area (Å²) >= 11 is 0. The third-order valence-corrected chi connectivity index (χ3v) is 6.45. The fourth-order valence-corrected chi connectivity index (χ4v) is 4.81. The molecule has 0 bridgehead atoms. The van der Waals surface area contributed by atoms with Crippen molar-refractivity contribution in [3.05, 3.63) is 109 Å². The summed E-state index contributed by atoms with van der Waals surface area (Å²) in [5.41, 5.74) is 5.24. The first-order valence-electron chi connectivity index (χ1n) is 12.1. The molecule has 0 aromatic heterocycles. The summed E-state index contributed by atoms with van der Waals surface area (Å²) in [7, 11) is 0. The zero-order chi connectivity index (χ0) is 23.1. The molecule has 0 saturated heterocycles. The number of benzene rings is 3. The van der Waals surface area contributed by atoms with Crippen LogP contribution in [0.2, 0.25) is 0 Å². The maximum absolute atomic E-state index is 3.29. The number of rotatable bonds is 9. The SMILES string of the molecule is CCCCC[N+]1=C(/C=C/C=C/C=C/Nc2ccccc2)C(C)(C)c2c1ccc1ccccc21. The molecule has 0 radical (unpaired) electrons. The van der Waals surface area contributed by atoms with Crippen molar-refractivity contribution in [1.29, 1.82) is 0 Å². The molecule has 1 heterocycles. The zero-order valence-corrected chi connectivity index (χ0v) is 20.1. The average Bonchev–Trinajstić information content (AvgIpc) is 3.05. The lowest BCUT2D eigenvalue weighted by molar-refractivity contribution is -0.438. The van der Waals surface area contributed by atoms with Gasteiger partial charge in [-0.15, -0.1) is 0 Å². The van der Waals surface area contributed by atoms with Gasteiger partial charge in [-0.3, -0.25) is 0 Å². The van der Waals surface area contributed by atoms with Crippen molar-refractivity contribution in [3.63, 3.8) is 0 Å². The Bertz CT molecular complexity index is 1210. The van der Waals surface area contributed by atoms with E-state index in [2.05, 4.69) is 103 Å². The lowest BCUT2D eigenvalue weighted by atomic mass is 9.79. The molecule has 2 heteroatoms. The topological polar surface area (TPSA) is 15.0 Å². The summed E-state index contributed by atoms with van der Waals surface area (Å²) in [4.78, 5) is 0. The lowest BCUT2D eigenvalue weighted by Crippen LogP contribution is -2.28. The van der Waals surface area contributed by atoms with Gasteiger partial charge < -0.3 is 5.32 Å². The summed E-state index contributed by atoms with van der Waals surface area (Å²) in [6, 6.07) is 23.6. The van der Waals surface area contributed by atoms with Gasteiger partial charge in [0.2, 0.25) is 5.69 Å². The van der Waals surface area contributed by atoms with E-state index >= 15 is 0 Å². The summed E-state index contributed by atoms with van der Waals surface area (Å²) < 4.78 is 2.55. The van der Waals surface area contributed by atoms with E-state index in [9.17, 15) is 0 Å². The molecule has 1 aliphatic heterocycles. The smallest absolute Gasteiger partial charge is 0.210 e. The summed E-state index contributed by atoms with van der Waals surface area (Å²) in [5, 5.41) is 5.97. The number of hydrogen-bond acceptors (Lipinski definition) is 1. The molecule has 0 atom stereocenters. The minimum atomic E-state index is -0.0442. The van der Waals surface area contributed by atoms with Gasteiger partial charge in [0, 0.05) is 36.0 Å². The van der Waals surface area contributed by atoms with Crippen LogP contribution in [-0.4, -0.2) is 16.8 Å². The third-order valence-electron chi connectivity index (χ3n) is 6.45. The van der Waals surface area contributed by atoms with Crippen LogP contribution in [0.1, 0.15) is 45.6 Å². The van der Waals surface area contributed by atoms with E-state index in [1.807, 2.05) is 30.5 Å². The first-order valence-corrected chi connectivity index (χ1v) is 12.1. The van der Waals surface area contributed by atoms with Crippen LogP contribution < -0.4 is 5.32 Å². The van der Waals surface area contributed by atoms with Crippen LogP contribution in [-0.2, 0) is 5.41 Å². The van der Waals surface area contributed by atoms with Crippen LogP contribution in [0.5, 0.6) is 0 Å². The van der Waals surface area contributed by atoms with Gasteiger partial charge in [-0.05, 0) is 55.3 Å². The Balaban J connectivity index is 1.58. The van der Waals surface area contributed by atoms with Gasteiger partial charge in [-0.25, -0.2) is 0 Å². The Morgan fingerprint density at radius 1 is 0.818 bits per heavy atom. The number of hydrogen-bond donors (Lipinski definition) is 1. The second-order valence-corrected chi connectivity index (χ2v) is 9.16. The highest BCUT2D eigenvalue weighted by Gasteiger charge is 2.45. The molecule has 168 valence electrons. The quantitative estimate of drug-likeness (QED) is 0.204. The Kier molecular flexibility index (Phi) is 7.24. The Labute approximate surface area is 198 Å². The van der Waals surface area contributed by atoms with Gasteiger partial charge in [0.25, 0.3) is 0 Å². The third kappa shape index (κ3) is 5.01. The van der Waals surface area contributed by atoms with Crippen LogP contribution in [0, 0.1) is 0 Å². The van der Waals surface area contributed by atoms with Gasteiger partial charge in [-0.1, -0.05) is 74.0 Å². The molecule has 3 aromatic rings. The number of nitrogens with one attached hydrogen (secondary N) is 1. The fraction of sp³-hybridized carbons (Fsp3) is 0.258. The van der Waals surface area contributed by atoms with E-state index in [1.165, 1.54) is 47.0 Å². The Morgan fingerprint density at radius 3 is 2.39 bits per heavy atom. The minimum Gasteiger partial charge on any atom is -0.362 e. The van der Waals surface area contributed by atoms with Crippen LogP contribution in [0.15, 0.2) is 103 Å². The van der Waals surface area contributed by atoms with Gasteiger partial charge >= 0.3 is 0 Å². The second kappa shape index (κ2) is 10.5. The predicted octanol–water partition coefficient (Wildman–Crippen LogP) is 8.14. The van der Waals surface area contributed by atoms with Gasteiger partial charge in [0.1, 0.15) is 6.54 Å². The highest BCUT2D eigenvalue weighted by molar-refractivity contribution is 6.07. The van der Waals surface area contributed by atoms with Crippen molar-refractivity contribution in [3.8, 4) is 0 Å². The van der Waals surface area contributed by atoms with E-state index in [1.54, 1.807) is 0 Å². The number of anilines is 1. The van der Waals surface area contributed by atoms with E-state index in [4.69, 9.17) is 0 Å². The molecule has 0 aliphatic carbocycles. The first kappa shape index (κ1) is 22.8. The zero-order valence-electron chi connectivity index (χ0n) is 20.1. The molecule has 33 heavy (non-hydrogen) atoms. The molecule has 0 saturated carbocycles. The summed E-state index contributed by atoms with van der Waals surface area (Å²) in [5.74, 6) is 0. The van der Waals surface area contributed by atoms with Crippen molar-refractivity contribution < 1.29 is 4.58 Å². The normalized spacial score (nSPS) is 15.4. The summed E-state index contributed by atoms with van der Waals surface area (Å²) in [6.07, 6.45) is 16.3. The highest BCUT2D eigenvalue weighted by Crippen LogP contribution is 2.44. The predicted molar refractivity (Wildman–Crippen MR) is 144 cm³/mol. The van der Waals surface area contributed by atoms with E-state index in [0.29, 0.717) is 0 Å². The van der Waals surface area contributed by atoms with E-state index in [0.717, 1.165) is 12.2 Å². The second-order valence-electron chi connectivity index (χ2n) is 9.16. The lowest BCUT2D eigenvalue weighted by Gasteiger charge is -2.17. The molecule has 3 aromatic carbocycles. The van der Waals surface area contributed by atoms with Crippen LogP contribution in [0.25, 0.3) is 10.8 Å². The number of fused-ring (bicyclic) bond motifs is 3. The molecular weight excluding hydrogens is 400 g/mol. The van der Waals surface area contributed by atoms with Crippen LogP contribution in [0.3, 0.4) is 0 Å². The molecule has 0 amide bonds. The summed E-state index contributed by atoms with van der Waals surface area (Å²) in [6.45, 7) is 8.06. The van der Waals surface area contributed by atoms with Crippen molar-refractivity contribution in [2.24, 2.45) is 0 Å². The van der Waals surface area contributed by atoms with Crippen LogP contribution >= 0.6 is 0 Å². The standard InChI is InChI=1S/C31H34N2/c1-4-5-15-24-33-28-22-21-25-16-12-13-19-27(25)30(28)31(2,3)29(33)20-11-6-7-14-23-32-26-17-9-8-10-18-26/h6-14,16-23H,4-5,15,24H2,1-3H3/p+1. The fourth-order valence-electron chi connectivity index (χ4n) is 4.81. The minimum absolute atomic E-state index is 0.0442. The number of unbranched alkanes of at least 4 members (excludes halogenated alkanes) is 2. The van der Waals surface area contributed by atoms with E-state index in [-0.39, 0.29) is 5.41 Å². The molecule has 0 spiro atoms. The molecule has 4 rings (SSSR count). The van der Waals surface area contributed by atoms with Gasteiger partial charge in [-0.2, -0.15) is 4.58 Å². The maximum Gasteiger partial charge on any atom is 0.210 e. The van der Waals surface area contributed by atoms with Crippen molar-refractivity contribution >= 4 is 27.9 Å². The molecule has 0 fully saturated rings. The number of nitrogens with zero attached hydrogens (tertiary/aromatic N) is 1. The van der Waals surface area contributed by atoms with E-state index < -0.39 is 0 Å². The van der Waals surface area contributed by atoms with Crippen molar-refractivity contribution in [1.82, 2.24) is 0 Å². The number of allylic oxidation sites excluding steroid dienone is 5. The number of para-hydroxylation sites is 1. The molecule has 1 N–H and O–H groups in total. The molecule has 1 aliphatic rings. The molecule has 2 nitrogen and oxygen atoms in total. The molecule has 0 unspecified atom stereocenters. The highest BCUT2D eigenvalue weighted by atomic mass is 15.1. The Hall–Kier alpha value is -3.39. The maximum atomic E-state index is 3.29. The van der Waals surface area contributed by atoms with Crippen LogP contribution in [0.4, 0.5) is 11.4 Å². The molecular formula is C31H35N2+. The van der Waals surface area contributed by atoms with Crippen molar-refractivity contribution in [2.45, 2.75) is 45.4 Å². The van der Waals surface area contributed by atoms with Gasteiger partial charge in [0.05, 0.1) is 5.41 Å². The monoisotopic (exact) mass is 435 g/mol. The first-order chi connectivity index (χ1) is 16.1. The Morgan fingerprint density at radius 2 is 1.58 bits per heavy atom. The average molecular weight is 436 g/mol. The van der Waals surface area contributed by atoms with Gasteiger partial charge in [0.15, 0.2) is 5.71 Å². The van der Waals surface area contributed by atoms with Crippen molar-refractivity contribution in [2.75, 3.05) is 11.9 Å². The largest absolute Gasteiger partial charge is 0.362 e.